The molecule has 0 bridgehead atoms. The van der Waals surface area contributed by atoms with Gasteiger partial charge in [-0.2, -0.15) is 0 Å². The smallest absolute Gasteiger partial charge is 0.255 e. The molecule has 0 aliphatic carbocycles. The van der Waals surface area contributed by atoms with Crippen molar-refractivity contribution >= 4 is 23.2 Å². The van der Waals surface area contributed by atoms with E-state index in [1.165, 1.54) is 5.56 Å². The molecular formula is C22H20ClNO2. The van der Waals surface area contributed by atoms with Gasteiger partial charge in [0.25, 0.3) is 5.91 Å². The molecule has 0 saturated carbocycles. The maximum absolute atomic E-state index is 12.5. The first-order valence-electron chi connectivity index (χ1n) is 8.46. The van der Waals surface area contributed by atoms with Crippen molar-refractivity contribution in [1.82, 2.24) is 0 Å². The molecule has 0 unspecified atom stereocenters. The first-order chi connectivity index (χ1) is 12.6. The molecule has 0 aliphatic heterocycles. The molecule has 1 amide bonds. The number of anilines is 1. The number of aryl methyl sites for hydroxylation is 1. The van der Waals surface area contributed by atoms with Crippen LogP contribution in [0.2, 0.25) is 5.02 Å². The fourth-order valence-corrected chi connectivity index (χ4v) is 2.75. The van der Waals surface area contributed by atoms with E-state index >= 15 is 0 Å². The summed E-state index contributed by atoms with van der Waals surface area (Å²) in [5.74, 6) is 0.486. The quantitative estimate of drug-likeness (QED) is 0.624. The molecular weight excluding hydrogens is 346 g/mol. The molecule has 3 aromatic rings. The Hall–Kier alpha value is -2.78. The van der Waals surface area contributed by atoms with Crippen LogP contribution in [0.15, 0.2) is 72.8 Å². The zero-order valence-corrected chi connectivity index (χ0v) is 15.3. The van der Waals surface area contributed by atoms with E-state index in [1.54, 1.807) is 24.3 Å². The van der Waals surface area contributed by atoms with E-state index in [-0.39, 0.29) is 5.91 Å². The van der Waals surface area contributed by atoms with Gasteiger partial charge in [-0.1, -0.05) is 54.1 Å². The monoisotopic (exact) mass is 365 g/mol. The van der Waals surface area contributed by atoms with Crippen molar-refractivity contribution in [2.24, 2.45) is 0 Å². The lowest BCUT2D eigenvalue weighted by molar-refractivity contribution is 0.102. The van der Waals surface area contributed by atoms with Crippen molar-refractivity contribution in [3.8, 4) is 5.75 Å². The topological polar surface area (TPSA) is 38.3 Å². The Morgan fingerprint density at radius 2 is 1.81 bits per heavy atom. The molecule has 3 rings (SSSR count). The molecule has 3 nitrogen and oxygen atoms in total. The summed E-state index contributed by atoms with van der Waals surface area (Å²) in [5.41, 5.74) is 3.43. The maximum Gasteiger partial charge on any atom is 0.255 e. The Balaban J connectivity index is 1.62. The summed E-state index contributed by atoms with van der Waals surface area (Å²) in [6.07, 6.45) is 0.818. The van der Waals surface area contributed by atoms with Gasteiger partial charge in [-0.25, -0.2) is 0 Å². The minimum Gasteiger partial charge on any atom is -0.493 e. The predicted molar refractivity (Wildman–Crippen MR) is 106 cm³/mol. The molecule has 1 N–H and O–H groups in total. The van der Waals surface area contributed by atoms with Gasteiger partial charge in [-0.15, -0.1) is 0 Å². The van der Waals surface area contributed by atoms with Gasteiger partial charge in [0.15, 0.2) is 0 Å². The normalized spacial score (nSPS) is 10.4. The summed E-state index contributed by atoms with van der Waals surface area (Å²) in [7, 11) is 0. The standard InChI is InChI=1S/C22H20ClNO2/c1-16-10-11-19(23)15-21(16)24-22(25)18-8-5-9-20(14-18)26-13-12-17-6-3-2-4-7-17/h2-11,14-15H,12-13H2,1H3,(H,24,25). The van der Waals surface area contributed by atoms with Gasteiger partial charge in [0.05, 0.1) is 6.61 Å². The number of benzene rings is 3. The lowest BCUT2D eigenvalue weighted by atomic mass is 10.1. The van der Waals surface area contributed by atoms with Gasteiger partial charge in [-0.05, 0) is 48.4 Å². The number of hydrogen-bond acceptors (Lipinski definition) is 2. The van der Waals surface area contributed by atoms with Crippen LogP contribution in [-0.2, 0) is 6.42 Å². The molecule has 3 aromatic carbocycles. The molecule has 0 saturated heterocycles. The van der Waals surface area contributed by atoms with Gasteiger partial charge in [0, 0.05) is 22.7 Å². The fourth-order valence-electron chi connectivity index (χ4n) is 2.58. The zero-order chi connectivity index (χ0) is 18.4. The Labute approximate surface area is 158 Å². The fraction of sp³-hybridized carbons (Fsp3) is 0.136. The summed E-state index contributed by atoms with van der Waals surface area (Å²) >= 11 is 6.01. The van der Waals surface area contributed by atoms with E-state index < -0.39 is 0 Å². The second-order valence-corrected chi connectivity index (χ2v) is 6.46. The number of nitrogens with one attached hydrogen (secondary N) is 1. The van der Waals surface area contributed by atoms with E-state index in [0.29, 0.717) is 28.6 Å². The highest BCUT2D eigenvalue weighted by Crippen LogP contribution is 2.22. The van der Waals surface area contributed by atoms with Crippen LogP contribution in [0.4, 0.5) is 5.69 Å². The molecule has 0 aliphatic rings. The van der Waals surface area contributed by atoms with Crippen molar-refractivity contribution in [1.29, 1.82) is 0 Å². The van der Waals surface area contributed by atoms with Gasteiger partial charge in [0.1, 0.15) is 5.75 Å². The highest BCUT2D eigenvalue weighted by Gasteiger charge is 2.09. The number of ether oxygens (including phenoxy) is 1. The third-order valence-corrected chi connectivity index (χ3v) is 4.28. The highest BCUT2D eigenvalue weighted by molar-refractivity contribution is 6.31. The van der Waals surface area contributed by atoms with E-state index in [2.05, 4.69) is 17.4 Å². The number of carbonyl (C=O) groups is 1. The van der Waals surface area contributed by atoms with Crippen molar-refractivity contribution in [2.75, 3.05) is 11.9 Å². The van der Waals surface area contributed by atoms with Crippen molar-refractivity contribution in [2.45, 2.75) is 13.3 Å². The number of amides is 1. The summed E-state index contributed by atoms with van der Waals surface area (Å²) in [4.78, 5) is 12.5. The molecule has 132 valence electrons. The number of rotatable bonds is 6. The summed E-state index contributed by atoms with van der Waals surface area (Å²) in [6, 6.07) is 22.8. The predicted octanol–water partition coefficient (Wildman–Crippen LogP) is 5.52. The van der Waals surface area contributed by atoms with Crippen LogP contribution in [0.1, 0.15) is 21.5 Å². The summed E-state index contributed by atoms with van der Waals surface area (Å²) in [6.45, 7) is 2.48. The van der Waals surface area contributed by atoms with Crippen molar-refractivity contribution in [3.63, 3.8) is 0 Å². The minimum atomic E-state index is -0.191. The lowest BCUT2D eigenvalue weighted by Crippen LogP contribution is -2.13. The zero-order valence-electron chi connectivity index (χ0n) is 14.5. The van der Waals surface area contributed by atoms with Crippen LogP contribution in [0, 0.1) is 6.92 Å². The van der Waals surface area contributed by atoms with Gasteiger partial charge in [-0.3, -0.25) is 4.79 Å². The van der Waals surface area contributed by atoms with Crippen LogP contribution in [-0.4, -0.2) is 12.5 Å². The highest BCUT2D eigenvalue weighted by atomic mass is 35.5. The second kappa shape index (κ2) is 8.54. The molecule has 0 fully saturated rings. The Morgan fingerprint density at radius 1 is 1.00 bits per heavy atom. The van der Waals surface area contributed by atoms with E-state index in [1.807, 2.05) is 43.3 Å². The molecule has 26 heavy (non-hydrogen) atoms. The third kappa shape index (κ3) is 4.87. The average molecular weight is 366 g/mol. The van der Waals surface area contributed by atoms with Crippen LogP contribution in [0.5, 0.6) is 5.75 Å². The summed E-state index contributed by atoms with van der Waals surface area (Å²) < 4.78 is 5.79. The maximum atomic E-state index is 12.5. The molecule has 4 heteroatoms. The first kappa shape index (κ1) is 18.0. The van der Waals surface area contributed by atoms with E-state index in [9.17, 15) is 4.79 Å². The molecule has 0 aromatic heterocycles. The van der Waals surface area contributed by atoms with Gasteiger partial charge < -0.3 is 10.1 Å². The van der Waals surface area contributed by atoms with Crippen molar-refractivity contribution < 1.29 is 9.53 Å². The molecule has 0 radical (unpaired) electrons. The largest absolute Gasteiger partial charge is 0.493 e. The molecule has 0 spiro atoms. The van der Waals surface area contributed by atoms with Gasteiger partial charge >= 0.3 is 0 Å². The van der Waals surface area contributed by atoms with E-state index in [0.717, 1.165) is 12.0 Å². The van der Waals surface area contributed by atoms with E-state index in [4.69, 9.17) is 16.3 Å². The minimum absolute atomic E-state index is 0.191. The van der Waals surface area contributed by atoms with Crippen LogP contribution < -0.4 is 10.1 Å². The number of halogens is 1. The second-order valence-electron chi connectivity index (χ2n) is 6.03. The molecule has 0 atom stereocenters. The average Bonchev–Trinajstić information content (AvgIpc) is 2.66. The van der Waals surface area contributed by atoms with Crippen LogP contribution in [0.25, 0.3) is 0 Å². The summed E-state index contributed by atoms with van der Waals surface area (Å²) in [5, 5.41) is 3.48. The SMILES string of the molecule is Cc1ccc(Cl)cc1NC(=O)c1cccc(OCCc2ccccc2)c1. The van der Waals surface area contributed by atoms with Gasteiger partial charge in [0.2, 0.25) is 0 Å². The van der Waals surface area contributed by atoms with Crippen molar-refractivity contribution in [3.05, 3.63) is 94.5 Å². The Bertz CT molecular complexity index is 894. The Morgan fingerprint density at radius 3 is 2.62 bits per heavy atom. The van der Waals surface area contributed by atoms with Crippen LogP contribution >= 0.6 is 11.6 Å². The lowest BCUT2D eigenvalue weighted by Gasteiger charge is -2.11. The number of hydrogen-bond donors (Lipinski definition) is 1. The number of carbonyl (C=O) groups excluding carboxylic acids is 1. The first-order valence-corrected chi connectivity index (χ1v) is 8.84. The third-order valence-electron chi connectivity index (χ3n) is 4.05. The Kier molecular flexibility index (Phi) is 5.92. The molecule has 0 heterocycles. The van der Waals surface area contributed by atoms with Crippen LogP contribution in [0.3, 0.4) is 0 Å².